The van der Waals surface area contributed by atoms with Gasteiger partial charge >= 0.3 is 5.97 Å². The smallest absolute Gasteiger partial charge is 0.307 e. The van der Waals surface area contributed by atoms with Crippen LogP contribution < -0.4 is 0 Å². The van der Waals surface area contributed by atoms with Gasteiger partial charge in [-0.2, -0.15) is 0 Å². The number of carbonyl (C=O) groups is 2. The number of hydrogen-bond acceptors (Lipinski definition) is 3. The molecule has 1 atom stereocenters. The molecular formula is C15H17BrINO3. The van der Waals surface area contributed by atoms with E-state index in [0.717, 1.165) is 27.3 Å². The van der Waals surface area contributed by atoms with E-state index in [0.29, 0.717) is 12.1 Å². The van der Waals surface area contributed by atoms with E-state index in [4.69, 9.17) is 4.74 Å². The number of likely N-dealkylation sites (tertiary alicyclic amines) is 1. The van der Waals surface area contributed by atoms with Gasteiger partial charge < -0.3 is 9.64 Å². The summed E-state index contributed by atoms with van der Waals surface area (Å²) in [6, 6.07) is 5.64. The van der Waals surface area contributed by atoms with Gasteiger partial charge in [0, 0.05) is 20.6 Å². The van der Waals surface area contributed by atoms with Crippen LogP contribution >= 0.6 is 38.5 Å². The fraction of sp³-hybridized carbons (Fsp3) is 0.467. The first-order valence-corrected chi connectivity index (χ1v) is 8.73. The van der Waals surface area contributed by atoms with Gasteiger partial charge in [-0.25, -0.2) is 0 Å². The Kier molecular flexibility index (Phi) is 6.04. The first-order chi connectivity index (χ1) is 10.0. The van der Waals surface area contributed by atoms with E-state index in [1.807, 2.05) is 23.1 Å². The summed E-state index contributed by atoms with van der Waals surface area (Å²) in [4.78, 5) is 26.1. The van der Waals surface area contributed by atoms with Crippen molar-refractivity contribution in [3.8, 4) is 0 Å². The normalized spacial score (nSPS) is 18.4. The standard InChI is InChI=1S/C15H17BrINO3/c1-21-14(19)9-11-4-2-3-7-18(11)15(20)12-8-10(17)5-6-13(12)16/h5-6,8,11H,2-4,7,9H2,1H3. The number of methoxy groups -OCH3 is 1. The summed E-state index contributed by atoms with van der Waals surface area (Å²) in [5, 5.41) is 0. The molecule has 6 heteroatoms. The molecule has 1 heterocycles. The quantitative estimate of drug-likeness (QED) is 0.506. The predicted molar refractivity (Wildman–Crippen MR) is 92.2 cm³/mol. The fourth-order valence-electron chi connectivity index (χ4n) is 2.57. The number of carbonyl (C=O) groups excluding carboxylic acids is 2. The van der Waals surface area contributed by atoms with E-state index in [2.05, 4.69) is 38.5 Å². The molecule has 0 spiro atoms. The van der Waals surface area contributed by atoms with Crippen LogP contribution in [0.5, 0.6) is 0 Å². The molecule has 4 nitrogen and oxygen atoms in total. The zero-order valence-corrected chi connectivity index (χ0v) is 15.5. The van der Waals surface area contributed by atoms with Crippen molar-refractivity contribution >= 4 is 50.4 Å². The molecule has 0 radical (unpaired) electrons. The van der Waals surface area contributed by atoms with Gasteiger partial charge in [0.25, 0.3) is 5.91 Å². The molecule has 0 bridgehead atoms. The SMILES string of the molecule is COC(=O)CC1CCCCN1C(=O)c1cc(I)ccc1Br. The maximum Gasteiger partial charge on any atom is 0.307 e. The molecule has 1 aliphatic rings. The van der Waals surface area contributed by atoms with Gasteiger partial charge in [-0.05, 0) is 76.0 Å². The minimum Gasteiger partial charge on any atom is -0.469 e. The van der Waals surface area contributed by atoms with E-state index in [9.17, 15) is 9.59 Å². The van der Waals surface area contributed by atoms with Crippen molar-refractivity contribution < 1.29 is 14.3 Å². The lowest BCUT2D eigenvalue weighted by molar-refractivity contribution is -0.142. The van der Waals surface area contributed by atoms with Crippen LogP contribution in [0.25, 0.3) is 0 Å². The highest BCUT2D eigenvalue weighted by Crippen LogP contribution is 2.26. The zero-order valence-electron chi connectivity index (χ0n) is 11.8. The molecule has 114 valence electrons. The lowest BCUT2D eigenvalue weighted by Crippen LogP contribution is -2.45. The molecule has 1 amide bonds. The van der Waals surface area contributed by atoms with Crippen molar-refractivity contribution in [2.24, 2.45) is 0 Å². The lowest BCUT2D eigenvalue weighted by Gasteiger charge is -2.35. The molecule has 1 aromatic rings. The van der Waals surface area contributed by atoms with Crippen molar-refractivity contribution in [1.82, 2.24) is 4.90 Å². The van der Waals surface area contributed by atoms with Crippen LogP contribution in [0.1, 0.15) is 36.0 Å². The highest BCUT2D eigenvalue weighted by Gasteiger charge is 2.30. The zero-order chi connectivity index (χ0) is 15.4. The van der Waals surface area contributed by atoms with E-state index in [1.54, 1.807) is 0 Å². The van der Waals surface area contributed by atoms with Crippen LogP contribution in [-0.4, -0.2) is 36.5 Å². The summed E-state index contributed by atoms with van der Waals surface area (Å²) in [5.74, 6) is -0.282. The average molecular weight is 466 g/mol. The van der Waals surface area contributed by atoms with E-state index in [-0.39, 0.29) is 24.3 Å². The van der Waals surface area contributed by atoms with Crippen molar-refractivity contribution in [3.63, 3.8) is 0 Å². The Morgan fingerprint density at radius 2 is 2.19 bits per heavy atom. The number of amides is 1. The second-order valence-corrected chi connectivity index (χ2v) is 7.15. The average Bonchev–Trinajstić information content (AvgIpc) is 2.49. The topological polar surface area (TPSA) is 46.6 Å². The third kappa shape index (κ3) is 4.18. The number of esters is 1. The Morgan fingerprint density at radius 3 is 2.90 bits per heavy atom. The van der Waals surface area contributed by atoms with Crippen molar-refractivity contribution in [3.05, 3.63) is 31.8 Å². The third-order valence-electron chi connectivity index (χ3n) is 3.68. The summed E-state index contributed by atoms with van der Waals surface area (Å²) < 4.78 is 6.54. The molecular weight excluding hydrogens is 449 g/mol. The minimum absolute atomic E-state index is 0.0194. The Labute approximate surface area is 146 Å². The van der Waals surface area contributed by atoms with Crippen LogP contribution in [-0.2, 0) is 9.53 Å². The summed E-state index contributed by atoms with van der Waals surface area (Å²) in [5.41, 5.74) is 0.652. The molecule has 2 rings (SSSR count). The molecule has 1 saturated heterocycles. The largest absolute Gasteiger partial charge is 0.469 e. The molecule has 1 unspecified atom stereocenters. The van der Waals surface area contributed by atoms with Crippen LogP contribution in [0.2, 0.25) is 0 Å². The van der Waals surface area contributed by atoms with Gasteiger partial charge in [-0.3, -0.25) is 9.59 Å². The Balaban J connectivity index is 2.22. The van der Waals surface area contributed by atoms with Gasteiger partial charge in [0.2, 0.25) is 0 Å². The highest BCUT2D eigenvalue weighted by atomic mass is 127. The number of ether oxygens (including phenoxy) is 1. The van der Waals surface area contributed by atoms with Crippen LogP contribution in [0.4, 0.5) is 0 Å². The van der Waals surface area contributed by atoms with Gasteiger partial charge in [-0.15, -0.1) is 0 Å². The fourth-order valence-corrected chi connectivity index (χ4v) is 3.48. The summed E-state index contributed by atoms with van der Waals surface area (Å²) in [6.45, 7) is 0.693. The number of piperidine rings is 1. The van der Waals surface area contributed by atoms with Gasteiger partial charge in [0.1, 0.15) is 0 Å². The molecule has 0 N–H and O–H groups in total. The molecule has 0 aromatic heterocycles. The first-order valence-electron chi connectivity index (χ1n) is 6.85. The maximum absolute atomic E-state index is 12.8. The van der Waals surface area contributed by atoms with E-state index < -0.39 is 0 Å². The second-order valence-electron chi connectivity index (χ2n) is 5.05. The predicted octanol–water partition coefficient (Wildman–Crippen LogP) is 3.61. The number of benzene rings is 1. The highest BCUT2D eigenvalue weighted by molar-refractivity contribution is 14.1. The van der Waals surface area contributed by atoms with Gasteiger partial charge in [-0.1, -0.05) is 0 Å². The molecule has 0 saturated carbocycles. The van der Waals surface area contributed by atoms with Crippen molar-refractivity contribution in [1.29, 1.82) is 0 Å². The first kappa shape index (κ1) is 16.7. The Hall–Kier alpha value is -0.630. The molecule has 1 aromatic carbocycles. The van der Waals surface area contributed by atoms with E-state index in [1.165, 1.54) is 7.11 Å². The Bertz CT molecular complexity index is 550. The Morgan fingerprint density at radius 1 is 1.43 bits per heavy atom. The van der Waals surface area contributed by atoms with Crippen molar-refractivity contribution in [2.75, 3.05) is 13.7 Å². The number of halogens is 2. The molecule has 1 fully saturated rings. The lowest BCUT2D eigenvalue weighted by atomic mass is 9.98. The van der Waals surface area contributed by atoms with Crippen LogP contribution in [0, 0.1) is 3.57 Å². The number of hydrogen-bond donors (Lipinski definition) is 0. The van der Waals surface area contributed by atoms with E-state index >= 15 is 0 Å². The molecule has 1 aliphatic heterocycles. The number of rotatable bonds is 3. The molecule has 0 aliphatic carbocycles. The minimum atomic E-state index is -0.263. The van der Waals surface area contributed by atoms with Crippen molar-refractivity contribution in [2.45, 2.75) is 31.7 Å². The third-order valence-corrected chi connectivity index (χ3v) is 5.04. The summed E-state index contributed by atoms with van der Waals surface area (Å²) in [7, 11) is 1.38. The monoisotopic (exact) mass is 465 g/mol. The van der Waals surface area contributed by atoms with Gasteiger partial charge in [0.15, 0.2) is 0 Å². The van der Waals surface area contributed by atoms with Gasteiger partial charge in [0.05, 0.1) is 19.1 Å². The summed E-state index contributed by atoms with van der Waals surface area (Å²) in [6.07, 6.45) is 3.13. The van der Waals surface area contributed by atoms with Crippen LogP contribution in [0.15, 0.2) is 22.7 Å². The second kappa shape index (κ2) is 7.58. The molecule has 21 heavy (non-hydrogen) atoms. The summed E-state index contributed by atoms with van der Waals surface area (Å²) >= 11 is 5.63. The maximum atomic E-state index is 12.8. The van der Waals surface area contributed by atoms with Crippen LogP contribution in [0.3, 0.4) is 0 Å². The number of nitrogens with zero attached hydrogens (tertiary/aromatic N) is 1.